The summed E-state index contributed by atoms with van der Waals surface area (Å²) in [6.07, 6.45) is 2.37. The lowest BCUT2D eigenvalue weighted by Gasteiger charge is -2.08. The van der Waals surface area contributed by atoms with E-state index in [0.717, 1.165) is 17.9 Å². The van der Waals surface area contributed by atoms with Gasteiger partial charge in [0.15, 0.2) is 11.5 Å². The van der Waals surface area contributed by atoms with E-state index < -0.39 is 0 Å². The van der Waals surface area contributed by atoms with Gasteiger partial charge in [-0.3, -0.25) is 0 Å². The zero-order valence-corrected chi connectivity index (χ0v) is 8.75. The van der Waals surface area contributed by atoms with Crippen molar-refractivity contribution in [3.05, 3.63) is 17.7 Å². The summed E-state index contributed by atoms with van der Waals surface area (Å²) in [6.45, 7) is 3.31. The zero-order chi connectivity index (χ0) is 10.5. The number of benzene rings is 1. The van der Waals surface area contributed by atoms with Gasteiger partial charge in [0.2, 0.25) is 0 Å². The van der Waals surface area contributed by atoms with E-state index >= 15 is 0 Å². The second-order valence-corrected chi connectivity index (χ2v) is 4.66. The maximum absolute atomic E-state index is 9.58. The molecule has 0 unspecified atom stereocenters. The van der Waals surface area contributed by atoms with Crippen molar-refractivity contribution in [1.29, 1.82) is 0 Å². The first-order valence-electron chi connectivity index (χ1n) is 5.28. The lowest BCUT2D eigenvalue weighted by atomic mass is 10.1. The van der Waals surface area contributed by atoms with Crippen LogP contribution in [0.1, 0.15) is 18.4 Å². The number of rotatable bonds is 0. The minimum Gasteiger partial charge on any atom is -0.508 e. The molecule has 15 heavy (non-hydrogen) atoms. The van der Waals surface area contributed by atoms with Gasteiger partial charge in [0.1, 0.15) is 5.75 Å². The van der Waals surface area contributed by atoms with Crippen LogP contribution < -0.4 is 9.47 Å². The molecule has 0 bridgehead atoms. The first-order valence-corrected chi connectivity index (χ1v) is 5.28. The summed E-state index contributed by atoms with van der Waals surface area (Å²) in [5.74, 6) is 1.69. The summed E-state index contributed by atoms with van der Waals surface area (Å²) in [7, 11) is 0. The third-order valence-electron chi connectivity index (χ3n) is 3.29. The third kappa shape index (κ3) is 1.42. The van der Waals surface area contributed by atoms with Gasteiger partial charge in [-0.25, -0.2) is 0 Å². The minimum atomic E-state index is 0.253. The Kier molecular flexibility index (Phi) is 1.67. The summed E-state index contributed by atoms with van der Waals surface area (Å²) in [6, 6.07) is 3.48. The fourth-order valence-electron chi connectivity index (χ4n) is 1.85. The first-order chi connectivity index (χ1) is 7.19. The summed E-state index contributed by atoms with van der Waals surface area (Å²) < 4.78 is 11.4. The van der Waals surface area contributed by atoms with E-state index in [1.54, 1.807) is 6.07 Å². The SMILES string of the molecule is Cc1cc2c(cc1O)OCC1(CC1)CO2. The van der Waals surface area contributed by atoms with E-state index in [4.69, 9.17) is 9.47 Å². The van der Waals surface area contributed by atoms with Crippen LogP contribution in [0, 0.1) is 12.3 Å². The van der Waals surface area contributed by atoms with Gasteiger partial charge in [-0.15, -0.1) is 0 Å². The third-order valence-corrected chi connectivity index (χ3v) is 3.29. The molecular weight excluding hydrogens is 192 g/mol. The maximum Gasteiger partial charge on any atom is 0.164 e. The van der Waals surface area contributed by atoms with E-state index in [1.165, 1.54) is 12.8 Å². The maximum atomic E-state index is 9.58. The lowest BCUT2D eigenvalue weighted by Crippen LogP contribution is -2.17. The molecule has 1 aliphatic carbocycles. The molecule has 3 nitrogen and oxygen atoms in total. The topological polar surface area (TPSA) is 38.7 Å². The summed E-state index contributed by atoms with van der Waals surface area (Å²) in [5.41, 5.74) is 1.08. The fraction of sp³-hybridized carbons (Fsp3) is 0.500. The van der Waals surface area contributed by atoms with Crippen LogP contribution in [0.4, 0.5) is 0 Å². The highest BCUT2D eigenvalue weighted by atomic mass is 16.5. The Morgan fingerprint density at radius 2 is 1.73 bits per heavy atom. The summed E-state index contributed by atoms with van der Waals surface area (Å²) in [4.78, 5) is 0. The number of aryl methyl sites for hydroxylation is 1. The van der Waals surface area contributed by atoms with Crippen molar-refractivity contribution in [3.63, 3.8) is 0 Å². The standard InChI is InChI=1S/C12H14O3/c1-8-4-10-11(5-9(8)13)15-7-12(2-3-12)6-14-10/h4-5,13H,2-3,6-7H2,1H3. The highest BCUT2D eigenvalue weighted by Crippen LogP contribution is 2.49. The molecule has 0 atom stereocenters. The van der Waals surface area contributed by atoms with Crippen LogP contribution >= 0.6 is 0 Å². The van der Waals surface area contributed by atoms with Crippen molar-refractivity contribution in [2.45, 2.75) is 19.8 Å². The summed E-state index contributed by atoms with van der Waals surface area (Å²) >= 11 is 0. The Balaban J connectivity index is 1.96. The number of phenolic OH excluding ortho intramolecular Hbond substituents is 1. The Bertz CT molecular complexity index is 373. The smallest absolute Gasteiger partial charge is 0.164 e. The molecule has 1 heterocycles. The molecule has 1 aromatic carbocycles. The van der Waals surface area contributed by atoms with Crippen molar-refractivity contribution < 1.29 is 14.6 Å². The van der Waals surface area contributed by atoms with Gasteiger partial charge in [-0.05, 0) is 31.4 Å². The van der Waals surface area contributed by atoms with Crippen molar-refractivity contribution in [1.82, 2.24) is 0 Å². The average Bonchev–Trinajstić information content (AvgIpc) is 2.99. The van der Waals surface area contributed by atoms with Gasteiger partial charge < -0.3 is 14.6 Å². The number of hydrogen-bond donors (Lipinski definition) is 1. The molecule has 1 N–H and O–H groups in total. The van der Waals surface area contributed by atoms with E-state index in [-0.39, 0.29) is 11.2 Å². The van der Waals surface area contributed by atoms with Gasteiger partial charge in [0.05, 0.1) is 13.2 Å². The Hall–Kier alpha value is -1.38. The molecule has 0 aromatic heterocycles. The second kappa shape index (κ2) is 2.81. The van der Waals surface area contributed by atoms with Gasteiger partial charge in [0.25, 0.3) is 0 Å². The molecule has 0 radical (unpaired) electrons. The highest BCUT2D eigenvalue weighted by Gasteiger charge is 2.46. The number of aromatic hydroxyl groups is 1. The average molecular weight is 206 g/mol. The van der Waals surface area contributed by atoms with E-state index in [9.17, 15) is 5.11 Å². The van der Waals surface area contributed by atoms with Crippen LogP contribution in [0.3, 0.4) is 0 Å². The largest absolute Gasteiger partial charge is 0.508 e. The molecule has 1 aliphatic heterocycles. The van der Waals surface area contributed by atoms with Crippen LogP contribution in [0.2, 0.25) is 0 Å². The Morgan fingerprint density at radius 1 is 1.13 bits per heavy atom. The predicted molar refractivity (Wildman–Crippen MR) is 55.5 cm³/mol. The van der Waals surface area contributed by atoms with Crippen LogP contribution in [0.5, 0.6) is 17.2 Å². The molecular formula is C12H14O3. The van der Waals surface area contributed by atoms with Gasteiger partial charge in [-0.1, -0.05) is 0 Å². The molecule has 80 valence electrons. The van der Waals surface area contributed by atoms with Gasteiger partial charge in [-0.2, -0.15) is 0 Å². The number of phenols is 1. The zero-order valence-electron chi connectivity index (χ0n) is 8.75. The van der Waals surface area contributed by atoms with Crippen molar-refractivity contribution in [3.8, 4) is 17.2 Å². The summed E-state index contributed by atoms with van der Waals surface area (Å²) in [5, 5.41) is 9.58. The fourth-order valence-corrected chi connectivity index (χ4v) is 1.85. The normalized spacial score (nSPS) is 21.1. The molecule has 0 saturated heterocycles. The van der Waals surface area contributed by atoms with Crippen molar-refractivity contribution in [2.75, 3.05) is 13.2 Å². The number of fused-ring (bicyclic) bond motifs is 1. The van der Waals surface area contributed by atoms with E-state index in [2.05, 4.69) is 0 Å². The van der Waals surface area contributed by atoms with Crippen molar-refractivity contribution in [2.24, 2.45) is 5.41 Å². The van der Waals surface area contributed by atoms with E-state index in [1.807, 2.05) is 13.0 Å². The van der Waals surface area contributed by atoms with Crippen LogP contribution in [0.25, 0.3) is 0 Å². The quantitative estimate of drug-likeness (QED) is 0.707. The second-order valence-electron chi connectivity index (χ2n) is 4.66. The molecule has 3 rings (SSSR count). The van der Waals surface area contributed by atoms with E-state index in [0.29, 0.717) is 12.4 Å². The van der Waals surface area contributed by atoms with Crippen LogP contribution in [-0.4, -0.2) is 18.3 Å². The predicted octanol–water partition coefficient (Wildman–Crippen LogP) is 2.25. The number of hydrogen-bond acceptors (Lipinski definition) is 3. The molecule has 2 aliphatic rings. The van der Waals surface area contributed by atoms with Crippen LogP contribution in [-0.2, 0) is 0 Å². The molecule has 1 spiro atoms. The molecule has 1 aromatic rings. The monoisotopic (exact) mass is 206 g/mol. The van der Waals surface area contributed by atoms with Crippen molar-refractivity contribution >= 4 is 0 Å². The Labute approximate surface area is 88.6 Å². The van der Waals surface area contributed by atoms with Crippen LogP contribution in [0.15, 0.2) is 12.1 Å². The van der Waals surface area contributed by atoms with Gasteiger partial charge in [0, 0.05) is 11.5 Å². The number of ether oxygens (including phenoxy) is 2. The molecule has 3 heteroatoms. The minimum absolute atomic E-state index is 0.253. The first kappa shape index (κ1) is 8.89. The lowest BCUT2D eigenvalue weighted by molar-refractivity contribution is 0.197. The highest BCUT2D eigenvalue weighted by molar-refractivity contribution is 5.50. The molecule has 0 amide bonds. The molecule has 1 fully saturated rings. The Morgan fingerprint density at radius 3 is 2.33 bits per heavy atom. The molecule has 1 saturated carbocycles. The van der Waals surface area contributed by atoms with Gasteiger partial charge >= 0.3 is 0 Å².